The van der Waals surface area contributed by atoms with Gasteiger partial charge in [-0.15, -0.1) is 0 Å². The molecule has 162 valence electrons. The molecular formula is C17H28F6O4. The van der Waals surface area contributed by atoms with Crippen molar-refractivity contribution in [3.8, 4) is 0 Å². The number of ether oxygens (including phenoxy) is 1. The van der Waals surface area contributed by atoms with Gasteiger partial charge in [0.15, 0.2) is 0 Å². The maximum atomic E-state index is 13.8. The Morgan fingerprint density at radius 3 is 1.89 bits per heavy atom. The van der Waals surface area contributed by atoms with Crippen LogP contribution >= 0.6 is 0 Å². The third-order valence-electron chi connectivity index (χ3n) is 5.76. The van der Waals surface area contributed by atoms with Crippen molar-refractivity contribution in [2.75, 3.05) is 13.2 Å². The van der Waals surface area contributed by atoms with E-state index in [9.17, 15) is 26.3 Å². The number of rotatable bonds is 9. The zero-order valence-corrected chi connectivity index (χ0v) is 15.5. The van der Waals surface area contributed by atoms with Crippen LogP contribution in [-0.2, 0) is 9.62 Å². The number of aliphatic hydroxyl groups excluding tert-OH is 1. The van der Waals surface area contributed by atoms with Gasteiger partial charge in [-0.1, -0.05) is 33.1 Å². The molecule has 0 aliphatic heterocycles. The SMILES string of the molecule is CCC(C)(COC(C1CCCCC1)(C(F)(F)F)C(F)(F)F)C(CCO)OO. The Hall–Kier alpha value is -0.580. The molecule has 1 saturated carbocycles. The van der Waals surface area contributed by atoms with E-state index in [0.717, 1.165) is 0 Å². The van der Waals surface area contributed by atoms with E-state index in [0.29, 0.717) is 6.42 Å². The maximum absolute atomic E-state index is 13.8. The number of alkyl halides is 6. The van der Waals surface area contributed by atoms with Gasteiger partial charge in [0.05, 0.1) is 6.61 Å². The highest BCUT2D eigenvalue weighted by atomic mass is 19.4. The second-order valence-corrected chi connectivity index (χ2v) is 7.47. The first-order valence-corrected chi connectivity index (χ1v) is 9.08. The molecule has 2 unspecified atom stereocenters. The van der Waals surface area contributed by atoms with Crippen molar-refractivity contribution >= 4 is 0 Å². The van der Waals surface area contributed by atoms with Gasteiger partial charge < -0.3 is 9.84 Å². The lowest BCUT2D eigenvalue weighted by Crippen LogP contribution is -2.64. The van der Waals surface area contributed by atoms with E-state index in [4.69, 9.17) is 15.1 Å². The highest BCUT2D eigenvalue weighted by Crippen LogP contribution is 2.54. The quantitative estimate of drug-likeness (QED) is 0.315. The molecule has 27 heavy (non-hydrogen) atoms. The summed E-state index contributed by atoms with van der Waals surface area (Å²) in [6.07, 6.45) is -11.8. The summed E-state index contributed by atoms with van der Waals surface area (Å²) in [5, 5.41) is 18.0. The van der Waals surface area contributed by atoms with Gasteiger partial charge >= 0.3 is 12.4 Å². The van der Waals surface area contributed by atoms with Crippen molar-refractivity contribution in [1.82, 2.24) is 0 Å². The average molecular weight is 410 g/mol. The minimum Gasteiger partial charge on any atom is -0.396 e. The van der Waals surface area contributed by atoms with Crippen LogP contribution in [0.3, 0.4) is 0 Å². The summed E-state index contributed by atoms with van der Waals surface area (Å²) in [5.41, 5.74) is -5.62. The molecule has 0 bridgehead atoms. The highest BCUT2D eigenvalue weighted by molar-refractivity contribution is 5.03. The molecule has 0 spiro atoms. The monoisotopic (exact) mass is 410 g/mol. The molecule has 0 saturated heterocycles. The average Bonchev–Trinajstić information content (AvgIpc) is 2.58. The van der Waals surface area contributed by atoms with E-state index in [2.05, 4.69) is 4.89 Å². The summed E-state index contributed by atoms with van der Waals surface area (Å²) in [6.45, 7) is 1.52. The molecule has 1 fully saturated rings. The van der Waals surface area contributed by atoms with E-state index in [1.165, 1.54) is 13.8 Å². The van der Waals surface area contributed by atoms with Gasteiger partial charge in [-0.2, -0.15) is 26.3 Å². The van der Waals surface area contributed by atoms with Crippen molar-refractivity contribution in [3.05, 3.63) is 0 Å². The Morgan fingerprint density at radius 1 is 1.00 bits per heavy atom. The van der Waals surface area contributed by atoms with Gasteiger partial charge in [-0.25, -0.2) is 4.89 Å². The minimum absolute atomic E-state index is 0.0781. The molecular weight excluding hydrogens is 382 g/mol. The van der Waals surface area contributed by atoms with Crippen LogP contribution in [0.5, 0.6) is 0 Å². The Bertz CT molecular complexity index is 434. The zero-order valence-electron chi connectivity index (χ0n) is 15.5. The van der Waals surface area contributed by atoms with Gasteiger partial charge in [-0.05, 0) is 19.3 Å². The van der Waals surface area contributed by atoms with Crippen molar-refractivity contribution in [3.63, 3.8) is 0 Å². The fourth-order valence-electron chi connectivity index (χ4n) is 3.76. The van der Waals surface area contributed by atoms with Crippen molar-refractivity contribution < 1.29 is 46.3 Å². The van der Waals surface area contributed by atoms with E-state index in [-0.39, 0.29) is 38.5 Å². The summed E-state index contributed by atoms with van der Waals surface area (Å²) in [7, 11) is 0. The third kappa shape index (κ3) is 5.07. The van der Waals surface area contributed by atoms with Gasteiger partial charge in [0.1, 0.15) is 6.10 Å². The Labute approximate surface area is 154 Å². The lowest BCUT2D eigenvalue weighted by Gasteiger charge is -2.46. The molecule has 0 aromatic rings. The summed E-state index contributed by atoms with van der Waals surface area (Å²) < 4.78 is 87.6. The predicted octanol–water partition coefficient (Wildman–Crippen LogP) is 5.10. The molecule has 0 radical (unpaired) electrons. The summed E-state index contributed by atoms with van der Waals surface area (Å²) in [5.74, 6) is -1.72. The van der Waals surface area contributed by atoms with Crippen LogP contribution in [0.1, 0.15) is 58.8 Å². The molecule has 0 aromatic heterocycles. The largest absolute Gasteiger partial charge is 0.426 e. The fourth-order valence-corrected chi connectivity index (χ4v) is 3.76. The van der Waals surface area contributed by atoms with Gasteiger partial charge in [0.2, 0.25) is 0 Å². The Balaban J connectivity index is 3.27. The van der Waals surface area contributed by atoms with Crippen LogP contribution in [0.15, 0.2) is 0 Å². The predicted molar refractivity (Wildman–Crippen MR) is 85.0 cm³/mol. The first-order valence-electron chi connectivity index (χ1n) is 9.08. The van der Waals surface area contributed by atoms with Gasteiger partial charge in [0, 0.05) is 24.4 Å². The van der Waals surface area contributed by atoms with Crippen molar-refractivity contribution in [1.29, 1.82) is 0 Å². The topological polar surface area (TPSA) is 58.9 Å². The van der Waals surface area contributed by atoms with Crippen LogP contribution in [0, 0.1) is 11.3 Å². The Kier molecular flexibility index (Phi) is 8.40. The molecule has 1 aliphatic carbocycles. The van der Waals surface area contributed by atoms with Crippen LogP contribution in [-0.4, -0.2) is 47.6 Å². The molecule has 1 rings (SSSR count). The first kappa shape index (κ1) is 24.5. The second-order valence-electron chi connectivity index (χ2n) is 7.47. The van der Waals surface area contributed by atoms with E-state index >= 15 is 0 Å². The number of hydrogen-bond donors (Lipinski definition) is 2. The molecule has 0 aromatic carbocycles. The summed E-state index contributed by atoms with van der Waals surface area (Å²) >= 11 is 0. The van der Waals surface area contributed by atoms with E-state index in [1.54, 1.807) is 0 Å². The standard InChI is InChI=1S/C17H28F6O4/c1-3-14(2,13(27-25)9-10-24)11-26-15(16(18,19)20,17(21,22)23)12-7-5-4-6-8-12/h12-13,24-25H,3-11H2,1-2H3. The number of aliphatic hydroxyl groups is 1. The van der Waals surface area contributed by atoms with Crippen molar-refractivity contribution in [2.45, 2.75) is 82.9 Å². The summed E-state index contributed by atoms with van der Waals surface area (Å²) in [4.78, 5) is 4.23. The van der Waals surface area contributed by atoms with Crippen LogP contribution in [0.25, 0.3) is 0 Å². The lowest BCUT2D eigenvalue weighted by atomic mass is 9.75. The molecule has 0 amide bonds. The lowest BCUT2D eigenvalue weighted by molar-refractivity contribution is -0.407. The van der Waals surface area contributed by atoms with Crippen LogP contribution in [0.4, 0.5) is 26.3 Å². The maximum Gasteiger partial charge on any atom is 0.426 e. The molecule has 2 N–H and O–H groups in total. The summed E-state index contributed by atoms with van der Waals surface area (Å²) in [6, 6.07) is 0. The van der Waals surface area contributed by atoms with Crippen LogP contribution < -0.4 is 0 Å². The van der Waals surface area contributed by atoms with Crippen molar-refractivity contribution in [2.24, 2.45) is 11.3 Å². The fraction of sp³-hybridized carbons (Fsp3) is 1.00. The molecule has 10 heteroatoms. The van der Waals surface area contributed by atoms with Crippen LogP contribution in [0.2, 0.25) is 0 Å². The zero-order chi connectivity index (χ0) is 20.9. The molecule has 4 nitrogen and oxygen atoms in total. The van der Waals surface area contributed by atoms with E-state index in [1.807, 2.05) is 0 Å². The van der Waals surface area contributed by atoms with Gasteiger partial charge in [-0.3, -0.25) is 5.26 Å². The normalized spacial score (nSPS) is 21.1. The second kappa shape index (κ2) is 9.28. The van der Waals surface area contributed by atoms with E-state index < -0.39 is 48.6 Å². The smallest absolute Gasteiger partial charge is 0.396 e. The van der Waals surface area contributed by atoms with Gasteiger partial charge in [0.25, 0.3) is 5.60 Å². The number of halogens is 6. The Morgan fingerprint density at radius 2 is 1.52 bits per heavy atom. The highest BCUT2D eigenvalue weighted by Gasteiger charge is 2.75. The molecule has 0 heterocycles. The first-order chi connectivity index (χ1) is 12.4. The number of hydrogen-bond acceptors (Lipinski definition) is 4. The molecule has 1 aliphatic rings. The molecule has 2 atom stereocenters. The minimum atomic E-state index is -5.64. The third-order valence-corrected chi connectivity index (χ3v) is 5.76.